The fraction of sp³-hybridized carbons (Fsp3) is 0.222. The summed E-state index contributed by atoms with van der Waals surface area (Å²) in [5.41, 5.74) is 9.22. The monoisotopic (exact) mass is 308 g/mol. The normalized spacial score (nSPS) is 14.3. The van der Waals surface area contributed by atoms with E-state index in [4.69, 9.17) is 5.73 Å². The number of rotatable bonds is 3. The summed E-state index contributed by atoms with van der Waals surface area (Å²) < 4.78 is 0. The van der Waals surface area contributed by atoms with Gasteiger partial charge in [0.1, 0.15) is 6.54 Å². The van der Waals surface area contributed by atoms with Crippen LogP contribution >= 0.6 is 0 Å². The topological polar surface area (TPSA) is 70.7 Å². The van der Waals surface area contributed by atoms with Gasteiger partial charge in [-0.25, -0.2) is 4.99 Å². The zero-order valence-electron chi connectivity index (χ0n) is 12.9. The fourth-order valence-electron chi connectivity index (χ4n) is 2.67. The summed E-state index contributed by atoms with van der Waals surface area (Å²) in [5.74, 6) is 0.249. The summed E-state index contributed by atoms with van der Waals surface area (Å²) in [7, 11) is 0. The van der Waals surface area contributed by atoms with Crippen molar-refractivity contribution in [2.45, 2.75) is 13.0 Å². The third kappa shape index (κ3) is 3.88. The minimum absolute atomic E-state index is 0.00249. The van der Waals surface area contributed by atoms with Gasteiger partial charge >= 0.3 is 0 Å². The zero-order chi connectivity index (χ0) is 16.1. The predicted molar refractivity (Wildman–Crippen MR) is 92.1 cm³/mol. The predicted octanol–water partition coefficient (Wildman–Crippen LogP) is 2.00. The van der Waals surface area contributed by atoms with Gasteiger partial charge in [-0.2, -0.15) is 0 Å². The molecule has 0 spiro atoms. The molecule has 0 unspecified atom stereocenters. The molecule has 1 aliphatic heterocycles. The lowest BCUT2D eigenvalue weighted by molar-refractivity contribution is -0.130. The van der Waals surface area contributed by atoms with E-state index in [9.17, 15) is 4.79 Å². The second kappa shape index (κ2) is 6.96. The van der Waals surface area contributed by atoms with Gasteiger partial charge in [-0.1, -0.05) is 42.5 Å². The molecular formula is C18H20N4O. The zero-order valence-corrected chi connectivity index (χ0v) is 12.9. The molecule has 1 heterocycles. The van der Waals surface area contributed by atoms with E-state index in [-0.39, 0.29) is 18.4 Å². The average molecular weight is 308 g/mol. The lowest BCUT2D eigenvalue weighted by atomic mass is 10.00. The van der Waals surface area contributed by atoms with Gasteiger partial charge in [-0.15, -0.1) is 0 Å². The van der Waals surface area contributed by atoms with Crippen molar-refractivity contribution in [3.8, 4) is 0 Å². The van der Waals surface area contributed by atoms with Crippen LogP contribution in [0.1, 0.15) is 11.1 Å². The van der Waals surface area contributed by atoms with Crippen LogP contribution < -0.4 is 11.1 Å². The molecule has 0 fully saturated rings. The minimum atomic E-state index is -0.00249. The maximum Gasteiger partial charge on any atom is 0.244 e. The Morgan fingerprint density at radius 2 is 1.78 bits per heavy atom. The molecule has 0 atom stereocenters. The number of fused-ring (bicyclic) bond motifs is 1. The number of nitrogens with zero attached hydrogens (tertiary/aromatic N) is 2. The molecule has 0 saturated heterocycles. The Kier molecular flexibility index (Phi) is 4.57. The van der Waals surface area contributed by atoms with Crippen molar-refractivity contribution in [3.05, 3.63) is 65.7 Å². The summed E-state index contributed by atoms with van der Waals surface area (Å²) in [6.07, 6.45) is 0.892. The first-order valence-electron chi connectivity index (χ1n) is 7.69. The summed E-state index contributed by atoms with van der Waals surface area (Å²) >= 11 is 0. The van der Waals surface area contributed by atoms with Crippen molar-refractivity contribution in [2.75, 3.05) is 18.4 Å². The second-order valence-corrected chi connectivity index (χ2v) is 5.53. The molecule has 2 aromatic rings. The number of guanidine groups is 1. The van der Waals surface area contributed by atoms with Crippen LogP contribution in [-0.4, -0.2) is 29.9 Å². The highest BCUT2D eigenvalue weighted by atomic mass is 16.2. The van der Waals surface area contributed by atoms with E-state index in [2.05, 4.69) is 22.4 Å². The number of aliphatic imine (C=N–C) groups is 1. The van der Waals surface area contributed by atoms with Gasteiger partial charge in [0, 0.05) is 18.8 Å². The quantitative estimate of drug-likeness (QED) is 0.673. The second-order valence-electron chi connectivity index (χ2n) is 5.53. The van der Waals surface area contributed by atoms with Gasteiger partial charge in [0.2, 0.25) is 5.91 Å². The molecule has 3 rings (SSSR count). The van der Waals surface area contributed by atoms with E-state index >= 15 is 0 Å². The number of para-hydroxylation sites is 1. The van der Waals surface area contributed by atoms with E-state index in [1.165, 1.54) is 11.1 Å². The Labute approximate surface area is 135 Å². The molecule has 23 heavy (non-hydrogen) atoms. The van der Waals surface area contributed by atoms with E-state index in [0.717, 1.165) is 18.7 Å². The molecule has 0 bridgehead atoms. The molecule has 5 heteroatoms. The highest BCUT2D eigenvalue weighted by Crippen LogP contribution is 2.18. The van der Waals surface area contributed by atoms with Gasteiger partial charge in [0.25, 0.3) is 0 Å². The lowest BCUT2D eigenvalue weighted by Crippen LogP contribution is -2.38. The average Bonchev–Trinajstić information content (AvgIpc) is 2.60. The van der Waals surface area contributed by atoms with E-state index in [0.29, 0.717) is 6.54 Å². The van der Waals surface area contributed by atoms with Crippen LogP contribution in [0.15, 0.2) is 59.6 Å². The van der Waals surface area contributed by atoms with Gasteiger partial charge < -0.3 is 16.0 Å². The van der Waals surface area contributed by atoms with E-state index in [1.807, 2.05) is 47.4 Å². The third-order valence-electron chi connectivity index (χ3n) is 3.91. The van der Waals surface area contributed by atoms with Crippen LogP contribution in [-0.2, 0) is 17.8 Å². The smallest absolute Gasteiger partial charge is 0.244 e. The van der Waals surface area contributed by atoms with Crippen LogP contribution in [0, 0.1) is 0 Å². The molecule has 1 aliphatic rings. The highest BCUT2D eigenvalue weighted by Gasteiger charge is 2.19. The number of anilines is 1. The maximum atomic E-state index is 12.3. The van der Waals surface area contributed by atoms with Gasteiger partial charge in [-0.3, -0.25) is 4.79 Å². The Morgan fingerprint density at radius 1 is 1.09 bits per heavy atom. The van der Waals surface area contributed by atoms with Crippen molar-refractivity contribution >= 4 is 17.6 Å². The lowest BCUT2D eigenvalue weighted by Gasteiger charge is -2.28. The highest BCUT2D eigenvalue weighted by molar-refractivity contribution is 5.93. The van der Waals surface area contributed by atoms with Gasteiger partial charge in [0.15, 0.2) is 5.96 Å². The summed E-state index contributed by atoms with van der Waals surface area (Å²) in [6, 6.07) is 17.8. The van der Waals surface area contributed by atoms with Gasteiger partial charge in [-0.05, 0) is 29.7 Å². The Bertz CT molecular complexity index is 712. The maximum absolute atomic E-state index is 12.3. The fourth-order valence-corrected chi connectivity index (χ4v) is 2.67. The van der Waals surface area contributed by atoms with Crippen LogP contribution in [0.5, 0.6) is 0 Å². The summed E-state index contributed by atoms with van der Waals surface area (Å²) in [5, 5.41) is 2.97. The van der Waals surface area contributed by atoms with Crippen LogP contribution in [0.4, 0.5) is 5.69 Å². The number of nitrogens with one attached hydrogen (secondary N) is 1. The number of carbonyl (C=O) groups is 1. The first-order valence-corrected chi connectivity index (χ1v) is 7.69. The first-order chi connectivity index (χ1) is 11.2. The molecule has 5 nitrogen and oxygen atoms in total. The third-order valence-corrected chi connectivity index (χ3v) is 3.91. The standard InChI is InChI=1S/C18H20N4O/c19-18(21-16-8-2-1-3-9-16)20-12-17(23)22-11-10-14-6-4-5-7-15(14)13-22/h1-9H,10-13H2,(H3,19,20,21). The number of hydrogen-bond acceptors (Lipinski definition) is 2. The number of nitrogens with two attached hydrogens (primary N) is 1. The van der Waals surface area contributed by atoms with Crippen LogP contribution in [0.25, 0.3) is 0 Å². The van der Waals surface area contributed by atoms with Crippen molar-refractivity contribution in [1.82, 2.24) is 4.90 Å². The van der Waals surface area contributed by atoms with Gasteiger partial charge in [0.05, 0.1) is 0 Å². The van der Waals surface area contributed by atoms with Crippen molar-refractivity contribution in [1.29, 1.82) is 0 Å². The summed E-state index contributed by atoms with van der Waals surface area (Å²) in [4.78, 5) is 18.3. The van der Waals surface area contributed by atoms with Crippen molar-refractivity contribution in [3.63, 3.8) is 0 Å². The van der Waals surface area contributed by atoms with Crippen molar-refractivity contribution < 1.29 is 4.79 Å². The Hall–Kier alpha value is -2.82. The van der Waals surface area contributed by atoms with Crippen LogP contribution in [0.3, 0.4) is 0 Å². The molecule has 0 aromatic heterocycles. The molecule has 0 radical (unpaired) electrons. The molecule has 0 aliphatic carbocycles. The molecule has 3 N–H and O–H groups in total. The van der Waals surface area contributed by atoms with E-state index in [1.54, 1.807) is 0 Å². The number of hydrogen-bond donors (Lipinski definition) is 2. The molecule has 118 valence electrons. The van der Waals surface area contributed by atoms with Crippen LogP contribution in [0.2, 0.25) is 0 Å². The molecule has 0 saturated carbocycles. The first kappa shape index (κ1) is 15.1. The van der Waals surface area contributed by atoms with Crippen molar-refractivity contribution in [2.24, 2.45) is 10.7 Å². The van der Waals surface area contributed by atoms with E-state index < -0.39 is 0 Å². The minimum Gasteiger partial charge on any atom is -0.370 e. The largest absolute Gasteiger partial charge is 0.370 e. The molecule has 1 amide bonds. The molecular weight excluding hydrogens is 288 g/mol. The SMILES string of the molecule is NC(=NCC(=O)N1CCc2ccccc2C1)Nc1ccccc1. The number of benzene rings is 2. The molecule has 2 aromatic carbocycles. The Balaban J connectivity index is 1.56. The number of carbonyl (C=O) groups excluding carboxylic acids is 1. The summed E-state index contributed by atoms with van der Waals surface area (Å²) in [6.45, 7) is 1.45. The number of amides is 1. The Morgan fingerprint density at radius 3 is 2.57 bits per heavy atom.